The zero-order chi connectivity index (χ0) is 18.8. The second-order valence-electron chi connectivity index (χ2n) is 6.91. The summed E-state index contributed by atoms with van der Waals surface area (Å²) in [6.45, 7) is 7.02. The molecule has 26 heavy (non-hydrogen) atoms. The molecule has 140 valence electrons. The van der Waals surface area contributed by atoms with Crippen LogP contribution in [0.1, 0.15) is 25.0 Å². The molecule has 1 unspecified atom stereocenters. The molecule has 2 fully saturated rings. The van der Waals surface area contributed by atoms with Crippen molar-refractivity contribution < 1.29 is 14.4 Å². The number of nitrogens with zero attached hydrogens (tertiary/aromatic N) is 4. The third-order valence-corrected chi connectivity index (χ3v) is 5.13. The van der Waals surface area contributed by atoms with Crippen molar-refractivity contribution in [2.75, 3.05) is 24.5 Å². The van der Waals surface area contributed by atoms with Crippen LogP contribution in [0.15, 0.2) is 18.7 Å². The van der Waals surface area contributed by atoms with Crippen molar-refractivity contribution in [1.82, 2.24) is 20.0 Å². The zero-order valence-electron chi connectivity index (χ0n) is 15.3. The molecule has 8 heteroatoms. The SMILES string of the molecule is C=CC(=O)N1CCC(C(=O)NC2CCN(c3cc(C)nn3C)C2=O)CC1. The molecule has 2 aliphatic rings. The van der Waals surface area contributed by atoms with Crippen LogP contribution < -0.4 is 10.2 Å². The Hall–Kier alpha value is -2.64. The molecule has 0 aliphatic carbocycles. The lowest BCUT2D eigenvalue weighted by molar-refractivity contribution is -0.133. The standard InChI is InChI=1S/C18H25N5O3/c1-4-16(24)22-8-5-13(6-9-22)17(25)19-14-7-10-23(18(14)26)15-11-12(2)20-21(15)3/h4,11,13-14H,1,5-10H2,2-3H3,(H,19,25). The predicted octanol–water partition coefficient (Wildman–Crippen LogP) is 0.375. The molecule has 1 aromatic rings. The topological polar surface area (TPSA) is 87.5 Å². The average molecular weight is 359 g/mol. The average Bonchev–Trinajstić information content (AvgIpc) is 3.15. The molecule has 0 saturated carbocycles. The van der Waals surface area contributed by atoms with E-state index in [1.807, 2.05) is 13.0 Å². The lowest BCUT2D eigenvalue weighted by atomic mass is 9.95. The van der Waals surface area contributed by atoms with Crippen LogP contribution in [0.5, 0.6) is 0 Å². The molecule has 2 saturated heterocycles. The van der Waals surface area contributed by atoms with Crippen molar-refractivity contribution in [1.29, 1.82) is 0 Å². The number of anilines is 1. The van der Waals surface area contributed by atoms with Gasteiger partial charge in [0.2, 0.25) is 11.8 Å². The van der Waals surface area contributed by atoms with Crippen LogP contribution in [0, 0.1) is 12.8 Å². The van der Waals surface area contributed by atoms with Gasteiger partial charge in [-0.25, -0.2) is 0 Å². The highest BCUT2D eigenvalue weighted by Crippen LogP contribution is 2.23. The van der Waals surface area contributed by atoms with E-state index in [1.165, 1.54) is 6.08 Å². The van der Waals surface area contributed by atoms with Gasteiger partial charge in [0, 0.05) is 38.7 Å². The number of rotatable bonds is 4. The van der Waals surface area contributed by atoms with E-state index in [-0.39, 0.29) is 23.6 Å². The van der Waals surface area contributed by atoms with Crippen molar-refractivity contribution in [3.05, 3.63) is 24.4 Å². The second-order valence-corrected chi connectivity index (χ2v) is 6.91. The summed E-state index contributed by atoms with van der Waals surface area (Å²) in [6, 6.07) is 1.37. The van der Waals surface area contributed by atoms with Gasteiger partial charge in [0.1, 0.15) is 11.9 Å². The minimum Gasteiger partial charge on any atom is -0.344 e. The Morgan fingerprint density at radius 1 is 1.27 bits per heavy atom. The number of aryl methyl sites for hydroxylation is 2. The van der Waals surface area contributed by atoms with Crippen molar-refractivity contribution >= 4 is 23.5 Å². The molecular weight excluding hydrogens is 334 g/mol. The number of carbonyl (C=O) groups is 3. The molecule has 3 amide bonds. The van der Waals surface area contributed by atoms with E-state index in [2.05, 4.69) is 17.0 Å². The van der Waals surface area contributed by atoms with E-state index < -0.39 is 6.04 Å². The lowest BCUT2D eigenvalue weighted by Crippen LogP contribution is -2.47. The van der Waals surface area contributed by atoms with E-state index >= 15 is 0 Å². The number of carbonyl (C=O) groups excluding carboxylic acids is 3. The molecule has 1 atom stereocenters. The molecule has 1 aromatic heterocycles. The maximum absolute atomic E-state index is 12.7. The lowest BCUT2D eigenvalue weighted by Gasteiger charge is -2.31. The molecule has 3 heterocycles. The number of hydrogen-bond acceptors (Lipinski definition) is 4. The van der Waals surface area contributed by atoms with Gasteiger partial charge in [-0.15, -0.1) is 0 Å². The van der Waals surface area contributed by atoms with Gasteiger partial charge in [-0.05, 0) is 32.3 Å². The molecule has 8 nitrogen and oxygen atoms in total. The highest BCUT2D eigenvalue weighted by atomic mass is 16.2. The fraction of sp³-hybridized carbons (Fsp3) is 0.556. The Balaban J connectivity index is 1.56. The summed E-state index contributed by atoms with van der Waals surface area (Å²) < 4.78 is 1.68. The normalized spacial score (nSPS) is 21.2. The van der Waals surface area contributed by atoms with Crippen LogP contribution in [-0.2, 0) is 21.4 Å². The van der Waals surface area contributed by atoms with Crippen LogP contribution in [-0.4, -0.2) is 58.1 Å². The molecular formula is C18H25N5O3. The molecule has 2 aliphatic heterocycles. The quantitative estimate of drug-likeness (QED) is 0.787. The molecule has 0 bridgehead atoms. The summed E-state index contributed by atoms with van der Waals surface area (Å²) in [5.41, 5.74) is 0.851. The summed E-state index contributed by atoms with van der Waals surface area (Å²) in [4.78, 5) is 40.2. The van der Waals surface area contributed by atoms with Crippen LogP contribution in [0.2, 0.25) is 0 Å². The Kier molecular flexibility index (Phi) is 5.11. The summed E-state index contributed by atoms with van der Waals surface area (Å²) in [7, 11) is 1.81. The number of likely N-dealkylation sites (tertiary alicyclic amines) is 1. The maximum atomic E-state index is 12.7. The van der Waals surface area contributed by atoms with Gasteiger partial charge in [-0.3, -0.25) is 24.0 Å². The van der Waals surface area contributed by atoms with Gasteiger partial charge < -0.3 is 10.2 Å². The minimum absolute atomic E-state index is 0.0966. The summed E-state index contributed by atoms with van der Waals surface area (Å²) in [6.07, 6.45) is 3.10. The van der Waals surface area contributed by atoms with Gasteiger partial charge >= 0.3 is 0 Å². The first-order valence-corrected chi connectivity index (χ1v) is 8.94. The highest BCUT2D eigenvalue weighted by Gasteiger charge is 2.36. The fourth-order valence-corrected chi connectivity index (χ4v) is 3.67. The van der Waals surface area contributed by atoms with E-state index in [9.17, 15) is 14.4 Å². The van der Waals surface area contributed by atoms with Crippen molar-refractivity contribution in [2.24, 2.45) is 13.0 Å². The highest BCUT2D eigenvalue weighted by molar-refractivity contribution is 6.01. The summed E-state index contributed by atoms with van der Waals surface area (Å²) in [5, 5.41) is 7.17. The fourth-order valence-electron chi connectivity index (χ4n) is 3.67. The smallest absolute Gasteiger partial charge is 0.250 e. The summed E-state index contributed by atoms with van der Waals surface area (Å²) in [5.74, 6) is 0.291. The number of amides is 3. The molecule has 1 N–H and O–H groups in total. The third-order valence-electron chi connectivity index (χ3n) is 5.13. The van der Waals surface area contributed by atoms with E-state index in [0.717, 1.165) is 11.5 Å². The van der Waals surface area contributed by atoms with Crippen LogP contribution in [0.3, 0.4) is 0 Å². The maximum Gasteiger partial charge on any atom is 0.250 e. The van der Waals surface area contributed by atoms with Crippen molar-refractivity contribution in [3.63, 3.8) is 0 Å². The minimum atomic E-state index is -0.495. The van der Waals surface area contributed by atoms with E-state index in [1.54, 1.807) is 21.5 Å². The molecule has 0 spiro atoms. The van der Waals surface area contributed by atoms with Crippen molar-refractivity contribution in [2.45, 2.75) is 32.2 Å². The van der Waals surface area contributed by atoms with Gasteiger partial charge in [0.05, 0.1) is 5.69 Å². The Morgan fingerprint density at radius 3 is 2.54 bits per heavy atom. The predicted molar refractivity (Wildman–Crippen MR) is 96.3 cm³/mol. The van der Waals surface area contributed by atoms with Crippen molar-refractivity contribution in [3.8, 4) is 0 Å². The number of aromatic nitrogens is 2. The Bertz CT molecular complexity index is 733. The number of piperidine rings is 1. The van der Waals surface area contributed by atoms with Gasteiger partial charge in [-0.2, -0.15) is 5.10 Å². The molecule has 0 aromatic carbocycles. The first-order valence-electron chi connectivity index (χ1n) is 8.94. The third kappa shape index (κ3) is 3.49. The largest absolute Gasteiger partial charge is 0.344 e. The molecule has 0 radical (unpaired) electrons. The van der Waals surface area contributed by atoms with Crippen LogP contribution in [0.4, 0.5) is 5.82 Å². The van der Waals surface area contributed by atoms with Gasteiger partial charge in [0.15, 0.2) is 0 Å². The Morgan fingerprint density at radius 2 is 1.96 bits per heavy atom. The van der Waals surface area contributed by atoms with E-state index in [0.29, 0.717) is 38.9 Å². The van der Waals surface area contributed by atoms with Gasteiger partial charge in [0.25, 0.3) is 5.91 Å². The van der Waals surface area contributed by atoms with Crippen LogP contribution in [0.25, 0.3) is 0 Å². The number of hydrogen-bond donors (Lipinski definition) is 1. The summed E-state index contributed by atoms with van der Waals surface area (Å²) >= 11 is 0. The number of nitrogens with one attached hydrogen (secondary N) is 1. The zero-order valence-corrected chi connectivity index (χ0v) is 15.3. The second kappa shape index (κ2) is 7.31. The van der Waals surface area contributed by atoms with Gasteiger partial charge in [-0.1, -0.05) is 6.58 Å². The van der Waals surface area contributed by atoms with E-state index in [4.69, 9.17) is 0 Å². The molecule has 3 rings (SSSR count). The first-order chi connectivity index (χ1) is 12.4. The Labute approximate surface area is 152 Å². The van der Waals surface area contributed by atoms with Crippen LogP contribution >= 0.6 is 0 Å². The first kappa shape index (κ1) is 18.2. The monoisotopic (exact) mass is 359 g/mol.